The summed E-state index contributed by atoms with van der Waals surface area (Å²) in [5, 5.41) is 25.8. The van der Waals surface area contributed by atoms with Gasteiger partial charge in [-0.05, 0) is 31.2 Å². The Bertz CT molecular complexity index is 684. The number of hydrogen-bond acceptors (Lipinski definition) is 5. The molecule has 6 heteroatoms. The minimum Gasteiger partial charge on any atom is -0.508 e. The maximum absolute atomic E-state index is 11.7. The monoisotopic (exact) mass is 299 g/mol. The van der Waals surface area contributed by atoms with E-state index >= 15 is 0 Å². The lowest BCUT2D eigenvalue weighted by atomic mass is 10.1. The number of carbonyl (C=O) groups is 1. The number of phenolic OH excluding ortho intramolecular Hbond substituents is 2. The highest BCUT2D eigenvalue weighted by Gasteiger charge is 2.06. The number of carbonyl (C=O) groups excluding carboxylic acids is 1. The number of anilines is 1. The molecule has 0 radical (unpaired) electrons. The minimum atomic E-state index is -0.304. The molecule has 0 unspecified atom stereocenters. The number of nitrogens with zero attached hydrogens (tertiary/aromatic N) is 1. The fourth-order valence-electron chi connectivity index (χ4n) is 1.81. The van der Waals surface area contributed by atoms with Crippen molar-refractivity contribution >= 4 is 17.3 Å². The van der Waals surface area contributed by atoms with Crippen LogP contribution in [0.4, 0.5) is 5.69 Å². The number of amides is 1. The average molecular weight is 299 g/mol. The van der Waals surface area contributed by atoms with Crippen LogP contribution in [0.25, 0.3) is 0 Å². The van der Waals surface area contributed by atoms with E-state index < -0.39 is 0 Å². The minimum absolute atomic E-state index is 0.0369. The van der Waals surface area contributed by atoms with Crippen LogP contribution in [-0.2, 0) is 4.79 Å². The predicted molar refractivity (Wildman–Crippen MR) is 85.1 cm³/mol. The van der Waals surface area contributed by atoms with E-state index in [1.54, 1.807) is 6.92 Å². The predicted octanol–water partition coefficient (Wildman–Crippen LogP) is 2.05. The Hall–Kier alpha value is -3.02. The number of benzene rings is 2. The van der Waals surface area contributed by atoms with E-state index in [1.807, 2.05) is 30.3 Å². The van der Waals surface area contributed by atoms with E-state index in [0.717, 1.165) is 5.69 Å². The van der Waals surface area contributed by atoms with Crippen LogP contribution in [0.2, 0.25) is 0 Å². The topological polar surface area (TPSA) is 94.0 Å². The Kier molecular flexibility index (Phi) is 4.98. The van der Waals surface area contributed by atoms with E-state index in [2.05, 4.69) is 15.8 Å². The van der Waals surface area contributed by atoms with Crippen molar-refractivity contribution in [2.75, 3.05) is 11.9 Å². The second-order valence-corrected chi connectivity index (χ2v) is 4.65. The van der Waals surface area contributed by atoms with Crippen molar-refractivity contribution in [1.82, 2.24) is 5.43 Å². The van der Waals surface area contributed by atoms with Gasteiger partial charge in [0.2, 0.25) is 0 Å². The number of hydrazone groups is 1. The second-order valence-electron chi connectivity index (χ2n) is 4.65. The van der Waals surface area contributed by atoms with Crippen LogP contribution in [0, 0.1) is 0 Å². The molecule has 0 aliphatic carbocycles. The van der Waals surface area contributed by atoms with Gasteiger partial charge in [-0.3, -0.25) is 4.79 Å². The summed E-state index contributed by atoms with van der Waals surface area (Å²) in [6.07, 6.45) is 0. The summed E-state index contributed by atoms with van der Waals surface area (Å²) in [6.45, 7) is 1.74. The van der Waals surface area contributed by atoms with Crippen LogP contribution >= 0.6 is 0 Å². The van der Waals surface area contributed by atoms with Gasteiger partial charge in [0.25, 0.3) is 5.91 Å². The molecular formula is C16H17N3O3. The smallest absolute Gasteiger partial charge is 0.259 e. The number of para-hydroxylation sites is 1. The molecule has 2 aromatic rings. The first kappa shape index (κ1) is 15.4. The molecule has 2 aromatic carbocycles. The largest absolute Gasteiger partial charge is 0.508 e. The lowest BCUT2D eigenvalue weighted by Crippen LogP contribution is -2.26. The third kappa shape index (κ3) is 4.24. The highest BCUT2D eigenvalue weighted by atomic mass is 16.3. The van der Waals surface area contributed by atoms with Gasteiger partial charge in [-0.15, -0.1) is 0 Å². The molecular weight excluding hydrogens is 282 g/mol. The highest BCUT2D eigenvalue weighted by Crippen LogP contribution is 2.22. The maximum atomic E-state index is 11.7. The second kappa shape index (κ2) is 7.12. The zero-order valence-corrected chi connectivity index (χ0v) is 12.1. The maximum Gasteiger partial charge on any atom is 0.259 e. The SMILES string of the molecule is CC(=NNC(=O)CNc1ccccc1)c1ccc(O)cc1O. The van der Waals surface area contributed by atoms with Crippen LogP contribution < -0.4 is 10.7 Å². The third-order valence-electron chi connectivity index (χ3n) is 2.95. The Balaban J connectivity index is 1.91. The Morgan fingerprint density at radius 3 is 2.55 bits per heavy atom. The first-order valence-electron chi connectivity index (χ1n) is 6.70. The third-order valence-corrected chi connectivity index (χ3v) is 2.95. The average Bonchev–Trinajstić information content (AvgIpc) is 2.51. The number of rotatable bonds is 5. The molecule has 4 N–H and O–H groups in total. The summed E-state index contributed by atoms with van der Waals surface area (Å²) in [4.78, 5) is 11.7. The van der Waals surface area contributed by atoms with Gasteiger partial charge in [0.1, 0.15) is 11.5 Å². The number of hydrogen-bond donors (Lipinski definition) is 4. The summed E-state index contributed by atoms with van der Waals surface area (Å²) in [5.74, 6) is -0.440. The van der Waals surface area contributed by atoms with Crippen LogP contribution in [-0.4, -0.2) is 28.4 Å². The number of aromatic hydroxyl groups is 2. The molecule has 2 rings (SSSR count). The van der Waals surface area contributed by atoms with Gasteiger partial charge in [0, 0.05) is 17.3 Å². The van der Waals surface area contributed by atoms with Gasteiger partial charge in [0.15, 0.2) is 0 Å². The van der Waals surface area contributed by atoms with Crippen molar-refractivity contribution in [1.29, 1.82) is 0 Å². The summed E-state index contributed by atoms with van der Waals surface area (Å²) in [7, 11) is 0. The molecule has 0 atom stereocenters. The molecule has 0 aliphatic heterocycles. The van der Waals surface area contributed by atoms with E-state index in [9.17, 15) is 15.0 Å². The summed E-state index contributed by atoms with van der Waals surface area (Å²) >= 11 is 0. The molecule has 0 saturated heterocycles. The molecule has 0 aromatic heterocycles. The number of nitrogens with one attached hydrogen (secondary N) is 2. The zero-order valence-electron chi connectivity index (χ0n) is 12.1. The lowest BCUT2D eigenvalue weighted by molar-refractivity contribution is -0.119. The van der Waals surface area contributed by atoms with Crippen LogP contribution in [0.1, 0.15) is 12.5 Å². The molecule has 0 fully saturated rings. The van der Waals surface area contributed by atoms with Crippen LogP contribution in [0.3, 0.4) is 0 Å². The quantitative estimate of drug-likeness (QED) is 0.502. The molecule has 0 bridgehead atoms. The normalized spacial score (nSPS) is 11.0. The zero-order chi connectivity index (χ0) is 15.9. The van der Waals surface area contributed by atoms with E-state index in [4.69, 9.17) is 0 Å². The highest BCUT2D eigenvalue weighted by molar-refractivity contribution is 6.01. The van der Waals surface area contributed by atoms with Gasteiger partial charge < -0.3 is 15.5 Å². The van der Waals surface area contributed by atoms with Crippen molar-refractivity contribution in [3.05, 3.63) is 54.1 Å². The summed E-state index contributed by atoms with van der Waals surface area (Å²) in [6, 6.07) is 13.5. The first-order chi connectivity index (χ1) is 10.6. The molecule has 114 valence electrons. The Morgan fingerprint density at radius 2 is 1.86 bits per heavy atom. The van der Waals surface area contributed by atoms with Gasteiger partial charge >= 0.3 is 0 Å². The molecule has 0 heterocycles. The van der Waals surface area contributed by atoms with E-state index in [0.29, 0.717) is 11.3 Å². The van der Waals surface area contributed by atoms with Crippen molar-refractivity contribution in [3.8, 4) is 11.5 Å². The van der Waals surface area contributed by atoms with Crippen LogP contribution in [0.15, 0.2) is 53.6 Å². The summed E-state index contributed by atoms with van der Waals surface area (Å²) < 4.78 is 0. The molecule has 0 spiro atoms. The van der Waals surface area contributed by atoms with Gasteiger partial charge in [-0.25, -0.2) is 5.43 Å². The van der Waals surface area contributed by atoms with Gasteiger partial charge in [0.05, 0.1) is 12.3 Å². The molecule has 1 amide bonds. The van der Waals surface area contributed by atoms with Gasteiger partial charge in [-0.2, -0.15) is 5.10 Å². The Morgan fingerprint density at radius 1 is 1.14 bits per heavy atom. The number of phenols is 2. The molecule has 0 saturated carbocycles. The van der Waals surface area contributed by atoms with Crippen molar-refractivity contribution < 1.29 is 15.0 Å². The standard InChI is InChI=1S/C16H17N3O3/c1-11(14-8-7-13(20)9-15(14)21)18-19-16(22)10-17-12-5-3-2-4-6-12/h2-9,17,20-21H,10H2,1H3,(H,19,22). The fourth-order valence-corrected chi connectivity index (χ4v) is 1.81. The molecule has 22 heavy (non-hydrogen) atoms. The first-order valence-corrected chi connectivity index (χ1v) is 6.70. The van der Waals surface area contributed by atoms with Crippen LogP contribution in [0.5, 0.6) is 11.5 Å². The van der Waals surface area contributed by atoms with Crippen molar-refractivity contribution in [2.45, 2.75) is 6.92 Å². The van der Waals surface area contributed by atoms with E-state index in [1.165, 1.54) is 18.2 Å². The summed E-state index contributed by atoms with van der Waals surface area (Å²) in [5.41, 5.74) is 4.12. The molecule has 0 aliphatic rings. The lowest BCUT2D eigenvalue weighted by Gasteiger charge is -2.07. The van der Waals surface area contributed by atoms with Crippen molar-refractivity contribution in [2.24, 2.45) is 5.10 Å². The molecule has 6 nitrogen and oxygen atoms in total. The Labute approximate surface area is 128 Å². The van der Waals surface area contributed by atoms with Gasteiger partial charge in [-0.1, -0.05) is 18.2 Å². The fraction of sp³-hybridized carbons (Fsp3) is 0.125. The van der Waals surface area contributed by atoms with E-state index in [-0.39, 0.29) is 24.0 Å². The van der Waals surface area contributed by atoms with Crippen molar-refractivity contribution in [3.63, 3.8) is 0 Å².